The highest BCUT2D eigenvalue weighted by atomic mass is 35.5. The van der Waals surface area contributed by atoms with Crippen molar-refractivity contribution in [1.29, 1.82) is 0 Å². The van der Waals surface area contributed by atoms with E-state index in [0.29, 0.717) is 19.6 Å². The van der Waals surface area contributed by atoms with E-state index >= 15 is 0 Å². The number of pyridine rings is 1. The van der Waals surface area contributed by atoms with Gasteiger partial charge in [0.1, 0.15) is 22.2 Å². The van der Waals surface area contributed by atoms with E-state index in [1.165, 1.54) is 13.3 Å². The molecule has 2 aromatic rings. The van der Waals surface area contributed by atoms with E-state index in [9.17, 15) is 23.2 Å². The molecule has 2 fully saturated rings. The third-order valence-corrected chi connectivity index (χ3v) is 7.85. The van der Waals surface area contributed by atoms with Gasteiger partial charge in [-0.25, -0.2) is 8.78 Å². The smallest absolute Gasteiger partial charge is 0.275 e. The highest BCUT2D eigenvalue weighted by Gasteiger charge is 2.77. The monoisotopic (exact) mass is 503 g/mol. The van der Waals surface area contributed by atoms with Gasteiger partial charge in [-0.3, -0.25) is 14.4 Å². The Morgan fingerprint density at radius 2 is 2.14 bits per heavy atom. The van der Waals surface area contributed by atoms with Gasteiger partial charge < -0.3 is 24.3 Å². The Hall–Kier alpha value is -3.24. The number of ether oxygens (including phenoxy) is 2. The summed E-state index contributed by atoms with van der Waals surface area (Å²) in [7, 11) is 1.27. The number of hydrogen-bond acceptors (Lipinski definition) is 5. The van der Waals surface area contributed by atoms with Gasteiger partial charge >= 0.3 is 0 Å². The van der Waals surface area contributed by atoms with Gasteiger partial charge in [0.25, 0.3) is 11.8 Å². The number of carbonyl (C=O) groups excluding carboxylic acids is 2. The van der Waals surface area contributed by atoms with Crippen LogP contribution in [0.25, 0.3) is 0 Å². The van der Waals surface area contributed by atoms with Crippen LogP contribution in [0.4, 0.5) is 8.78 Å². The molecule has 0 bridgehead atoms. The summed E-state index contributed by atoms with van der Waals surface area (Å²) < 4.78 is 40.7. The van der Waals surface area contributed by atoms with Crippen LogP contribution < -0.4 is 15.5 Å². The number of benzene rings is 1. The van der Waals surface area contributed by atoms with Gasteiger partial charge in [0.15, 0.2) is 11.4 Å². The molecule has 1 spiro atoms. The predicted molar refractivity (Wildman–Crippen MR) is 120 cm³/mol. The van der Waals surface area contributed by atoms with Gasteiger partial charge in [0.2, 0.25) is 5.43 Å². The molecule has 1 aromatic carbocycles. The first-order valence-electron chi connectivity index (χ1n) is 11.2. The van der Waals surface area contributed by atoms with Crippen molar-refractivity contribution in [2.75, 3.05) is 20.3 Å². The van der Waals surface area contributed by atoms with Crippen LogP contribution in [0.1, 0.15) is 38.9 Å². The summed E-state index contributed by atoms with van der Waals surface area (Å²) >= 11 is 5.61. The minimum Gasteiger partial charge on any atom is -0.491 e. The van der Waals surface area contributed by atoms with E-state index < -0.39 is 33.5 Å². The normalized spacial score (nSPS) is 27.6. The lowest BCUT2D eigenvalue weighted by Gasteiger charge is -2.47. The van der Waals surface area contributed by atoms with Crippen LogP contribution >= 0.6 is 11.6 Å². The van der Waals surface area contributed by atoms with Crippen LogP contribution in [-0.2, 0) is 11.3 Å². The fourth-order valence-corrected chi connectivity index (χ4v) is 6.13. The summed E-state index contributed by atoms with van der Waals surface area (Å²) in [4.78, 5) is 41.5. The first kappa shape index (κ1) is 22.2. The summed E-state index contributed by atoms with van der Waals surface area (Å²) in [6, 6.07) is 1.95. The van der Waals surface area contributed by atoms with Crippen LogP contribution in [0.2, 0.25) is 5.02 Å². The molecule has 4 heterocycles. The maximum Gasteiger partial charge on any atom is 0.275 e. The molecule has 2 unspecified atom stereocenters. The summed E-state index contributed by atoms with van der Waals surface area (Å²) in [6.07, 6.45) is 5.81. The maximum absolute atomic E-state index is 14.3. The number of carbonyl (C=O) groups is 2. The van der Waals surface area contributed by atoms with Crippen molar-refractivity contribution in [2.45, 2.75) is 30.7 Å². The zero-order valence-electron chi connectivity index (χ0n) is 18.5. The minimum absolute atomic E-state index is 0.0368. The Morgan fingerprint density at radius 3 is 2.91 bits per heavy atom. The van der Waals surface area contributed by atoms with Crippen LogP contribution in [0.3, 0.4) is 0 Å². The van der Waals surface area contributed by atoms with Gasteiger partial charge in [-0.05, 0) is 12.5 Å². The lowest BCUT2D eigenvalue weighted by molar-refractivity contribution is -0.0184. The number of fused-ring (bicyclic) bond motifs is 3. The summed E-state index contributed by atoms with van der Waals surface area (Å²) in [5, 5.41) is 1.81. The molecule has 182 valence electrons. The molecule has 35 heavy (non-hydrogen) atoms. The molecule has 1 saturated heterocycles. The molecular formula is C24H20ClF2N3O5. The average Bonchev–Trinajstić information content (AvgIpc) is 3.54. The van der Waals surface area contributed by atoms with E-state index in [2.05, 4.69) is 11.4 Å². The van der Waals surface area contributed by atoms with Crippen LogP contribution in [0.15, 0.2) is 35.3 Å². The summed E-state index contributed by atoms with van der Waals surface area (Å²) in [6.45, 7) is 0.553. The fourth-order valence-electron chi connectivity index (χ4n) is 5.95. The Balaban J connectivity index is 1.40. The van der Waals surface area contributed by atoms with Crippen LogP contribution in [-0.4, -0.2) is 53.2 Å². The van der Waals surface area contributed by atoms with Crippen molar-refractivity contribution in [3.8, 4) is 5.75 Å². The molecule has 11 heteroatoms. The molecule has 8 nitrogen and oxygen atoms in total. The largest absolute Gasteiger partial charge is 0.491 e. The lowest BCUT2D eigenvalue weighted by Crippen LogP contribution is -2.58. The first-order valence-corrected chi connectivity index (χ1v) is 11.5. The third kappa shape index (κ3) is 2.83. The van der Waals surface area contributed by atoms with Crippen molar-refractivity contribution >= 4 is 23.4 Å². The van der Waals surface area contributed by atoms with Crippen LogP contribution in [0.5, 0.6) is 5.75 Å². The van der Waals surface area contributed by atoms with Crippen LogP contribution in [0, 0.1) is 17.6 Å². The Labute approximate surface area is 203 Å². The molecule has 1 N–H and O–H groups in total. The zero-order valence-corrected chi connectivity index (χ0v) is 19.3. The minimum atomic E-state index is -0.991. The van der Waals surface area contributed by atoms with Gasteiger partial charge in [-0.1, -0.05) is 29.8 Å². The number of rotatable bonds is 4. The number of halogens is 3. The van der Waals surface area contributed by atoms with Gasteiger partial charge in [-0.2, -0.15) is 0 Å². The van der Waals surface area contributed by atoms with E-state index in [1.54, 1.807) is 9.47 Å². The standard InChI is InChI=1S/C24H20ClF2N3O5/c1-34-20-18-23(33)30-7-2-3-13-21-24(13,30)15(6-8-35-21)29(18)10-12(19(20)31)22(32)28-9-11-4-5-14(26)16(25)17(11)27/h2-5,10,13,15,21H,6-9H2,1H3,(H,28,32)/t13?,15-,21?,24-/m0/s1. The number of hydrogen-bond donors (Lipinski definition) is 1. The second-order valence-electron chi connectivity index (χ2n) is 9.03. The van der Waals surface area contributed by atoms with E-state index in [4.69, 9.17) is 21.1 Å². The molecule has 0 radical (unpaired) electrons. The van der Waals surface area contributed by atoms with Crippen molar-refractivity contribution in [2.24, 2.45) is 5.92 Å². The molecule has 6 rings (SSSR count). The number of methoxy groups -OCH3 is 1. The molecule has 1 aromatic heterocycles. The Kier molecular flexibility index (Phi) is 4.85. The van der Waals surface area contributed by atoms with Crippen molar-refractivity contribution < 1.29 is 27.8 Å². The highest BCUT2D eigenvalue weighted by molar-refractivity contribution is 6.30. The van der Waals surface area contributed by atoms with E-state index in [-0.39, 0.29) is 53.1 Å². The molecule has 2 amide bonds. The molecule has 1 aliphatic carbocycles. The Morgan fingerprint density at radius 1 is 1.34 bits per heavy atom. The van der Waals surface area contributed by atoms with Gasteiger partial charge in [0.05, 0.1) is 24.8 Å². The number of nitrogens with one attached hydrogen (secondary N) is 1. The maximum atomic E-state index is 14.3. The topological polar surface area (TPSA) is 89.9 Å². The number of nitrogens with zero attached hydrogens (tertiary/aromatic N) is 2. The van der Waals surface area contributed by atoms with Crippen molar-refractivity contribution in [3.63, 3.8) is 0 Å². The van der Waals surface area contributed by atoms with Crippen molar-refractivity contribution in [3.05, 3.63) is 74.2 Å². The molecule has 1 saturated carbocycles. The molecule has 3 aliphatic heterocycles. The quantitative estimate of drug-likeness (QED) is 0.511. The Bertz CT molecular complexity index is 1390. The average molecular weight is 504 g/mol. The fraction of sp³-hybridized carbons (Fsp3) is 0.375. The van der Waals surface area contributed by atoms with Gasteiger partial charge in [0, 0.05) is 37.4 Å². The van der Waals surface area contributed by atoms with Gasteiger partial charge in [-0.15, -0.1) is 0 Å². The third-order valence-electron chi connectivity index (χ3n) is 7.51. The number of aromatic nitrogens is 1. The molecule has 4 atom stereocenters. The van der Waals surface area contributed by atoms with Crippen molar-refractivity contribution in [1.82, 2.24) is 14.8 Å². The number of amides is 2. The first-order chi connectivity index (χ1) is 16.8. The summed E-state index contributed by atoms with van der Waals surface area (Å²) in [5.41, 5.74) is -1.49. The SMILES string of the molecule is COc1c2n(cc(C(=O)NCc3ccc(F)c(Cl)c3F)c1=O)[C@H]1CCOC3C4C=CCN(C2=O)[C@]431. The molecule has 4 aliphatic rings. The van der Waals surface area contributed by atoms with E-state index in [0.717, 1.165) is 12.1 Å². The molecular weight excluding hydrogens is 484 g/mol. The predicted octanol–water partition coefficient (Wildman–Crippen LogP) is 2.44. The lowest BCUT2D eigenvalue weighted by atomic mass is 9.90. The highest BCUT2D eigenvalue weighted by Crippen LogP contribution is 2.64. The summed E-state index contributed by atoms with van der Waals surface area (Å²) in [5.74, 6) is -3.23. The van der Waals surface area contributed by atoms with E-state index in [1.807, 2.05) is 6.08 Å². The second kappa shape index (κ2) is 7.63. The zero-order chi connectivity index (χ0) is 24.6. The second-order valence-corrected chi connectivity index (χ2v) is 9.41.